The first-order chi connectivity index (χ1) is 13.0. The van der Waals surface area contributed by atoms with Gasteiger partial charge in [-0.3, -0.25) is 9.52 Å². The zero-order valence-electron chi connectivity index (χ0n) is 15.9. The third kappa shape index (κ3) is 6.10. The minimum Gasteiger partial charge on any atom is -0.352 e. The van der Waals surface area contributed by atoms with Gasteiger partial charge in [-0.2, -0.15) is 0 Å². The van der Waals surface area contributed by atoms with Gasteiger partial charge in [0, 0.05) is 6.54 Å². The van der Waals surface area contributed by atoms with Crippen molar-refractivity contribution in [2.45, 2.75) is 44.4 Å². The Morgan fingerprint density at radius 1 is 1.00 bits per heavy atom. The fourth-order valence-corrected chi connectivity index (χ4v) is 3.95. The van der Waals surface area contributed by atoms with Gasteiger partial charge < -0.3 is 5.32 Å². The monoisotopic (exact) mass is 388 g/mol. The normalized spacial score (nSPS) is 12.4. The number of unbranched alkanes of at least 4 members (excludes halogenated alkanes) is 1. The Labute approximate surface area is 162 Å². The molecule has 0 spiro atoms. The lowest BCUT2D eigenvalue weighted by molar-refractivity contribution is 0.0946. The van der Waals surface area contributed by atoms with Crippen LogP contribution in [-0.2, 0) is 10.0 Å². The molecular formula is C21H28N2O3S. The maximum atomic E-state index is 12.6. The summed E-state index contributed by atoms with van der Waals surface area (Å²) < 4.78 is 27.7. The molecule has 0 aliphatic rings. The van der Waals surface area contributed by atoms with Gasteiger partial charge >= 0.3 is 0 Å². The Morgan fingerprint density at radius 2 is 1.67 bits per heavy atom. The van der Waals surface area contributed by atoms with E-state index in [0.717, 1.165) is 25.7 Å². The molecule has 27 heavy (non-hydrogen) atoms. The lowest BCUT2D eigenvalue weighted by Gasteiger charge is -2.17. The number of rotatable bonds is 10. The highest BCUT2D eigenvalue weighted by Crippen LogP contribution is 2.20. The van der Waals surface area contributed by atoms with E-state index >= 15 is 0 Å². The van der Waals surface area contributed by atoms with Gasteiger partial charge in [0.2, 0.25) is 0 Å². The van der Waals surface area contributed by atoms with Gasteiger partial charge in [-0.05, 0) is 36.6 Å². The lowest BCUT2D eigenvalue weighted by Crippen LogP contribution is -2.30. The van der Waals surface area contributed by atoms with Crippen molar-refractivity contribution in [3.8, 4) is 0 Å². The molecule has 0 aromatic heterocycles. The largest absolute Gasteiger partial charge is 0.352 e. The number of para-hydroxylation sites is 1. The minimum atomic E-state index is -3.75. The third-order valence-electron chi connectivity index (χ3n) is 4.56. The topological polar surface area (TPSA) is 75.3 Å². The van der Waals surface area contributed by atoms with Crippen molar-refractivity contribution in [3.05, 3.63) is 60.2 Å². The summed E-state index contributed by atoms with van der Waals surface area (Å²) in [6, 6.07) is 14.8. The highest BCUT2D eigenvalue weighted by atomic mass is 32.2. The fraction of sp³-hybridized carbons (Fsp3) is 0.381. The third-order valence-corrected chi connectivity index (χ3v) is 5.95. The van der Waals surface area contributed by atoms with E-state index < -0.39 is 10.0 Å². The van der Waals surface area contributed by atoms with Crippen LogP contribution in [0.25, 0.3) is 0 Å². The second-order valence-electron chi connectivity index (χ2n) is 6.59. The average molecular weight is 389 g/mol. The molecule has 2 aromatic carbocycles. The average Bonchev–Trinajstić information content (AvgIpc) is 2.69. The number of carbonyl (C=O) groups excluding carboxylic acids is 1. The molecule has 0 radical (unpaired) electrons. The second kappa shape index (κ2) is 10.1. The maximum absolute atomic E-state index is 12.6. The van der Waals surface area contributed by atoms with Crippen LogP contribution in [-0.4, -0.2) is 20.9 Å². The Balaban J connectivity index is 2.12. The van der Waals surface area contributed by atoms with Crippen LogP contribution in [0.2, 0.25) is 0 Å². The number of benzene rings is 2. The molecule has 1 amide bonds. The van der Waals surface area contributed by atoms with Crippen LogP contribution in [0.15, 0.2) is 59.5 Å². The lowest BCUT2D eigenvalue weighted by atomic mass is 9.99. The zero-order chi connectivity index (χ0) is 19.7. The van der Waals surface area contributed by atoms with Gasteiger partial charge in [-0.1, -0.05) is 63.4 Å². The van der Waals surface area contributed by atoms with Gasteiger partial charge in [0.1, 0.15) is 0 Å². The SMILES string of the molecule is CCCCC(CC)CNC(=O)c1ccccc1NS(=O)(=O)c1ccccc1. The van der Waals surface area contributed by atoms with Crippen LogP contribution in [0.5, 0.6) is 0 Å². The second-order valence-corrected chi connectivity index (χ2v) is 8.27. The van der Waals surface area contributed by atoms with Crippen LogP contribution in [0.3, 0.4) is 0 Å². The van der Waals surface area contributed by atoms with E-state index in [1.165, 1.54) is 12.1 Å². The summed E-state index contributed by atoms with van der Waals surface area (Å²) in [5, 5.41) is 2.95. The zero-order valence-corrected chi connectivity index (χ0v) is 16.8. The van der Waals surface area contributed by atoms with E-state index in [9.17, 15) is 13.2 Å². The van der Waals surface area contributed by atoms with E-state index in [0.29, 0.717) is 18.0 Å². The van der Waals surface area contributed by atoms with E-state index in [1.807, 2.05) is 0 Å². The van der Waals surface area contributed by atoms with Gasteiger partial charge in [-0.25, -0.2) is 8.42 Å². The Morgan fingerprint density at radius 3 is 2.33 bits per heavy atom. The molecular weight excluding hydrogens is 360 g/mol. The number of carbonyl (C=O) groups is 1. The number of sulfonamides is 1. The summed E-state index contributed by atoms with van der Waals surface area (Å²) in [6.07, 6.45) is 4.36. The van der Waals surface area contributed by atoms with Crippen molar-refractivity contribution in [3.63, 3.8) is 0 Å². The summed E-state index contributed by atoms with van der Waals surface area (Å²) in [6.45, 7) is 4.86. The van der Waals surface area contributed by atoms with Crippen molar-refractivity contribution < 1.29 is 13.2 Å². The summed E-state index contributed by atoms with van der Waals surface area (Å²) in [5.74, 6) is 0.165. The Hall–Kier alpha value is -2.34. The number of nitrogens with one attached hydrogen (secondary N) is 2. The van der Waals surface area contributed by atoms with Crippen LogP contribution < -0.4 is 10.0 Å². The molecule has 1 atom stereocenters. The minimum absolute atomic E-state index is 0.158. The predicted octanol–water partition coefficient (Wildman–Crippen LogP) is 4.43. The molecule has 146 valence electrons. The van der Waals surface area contributed by atoms with Crippen LogP contribution in [0.1, 0.15) is 49.9 Å². The van der Waals surface area contributed by atoms with Crippen LogP contribution >= 0.6 is 0 Å². The summed E-state index contributed by atoms with van der Waals surface area (Å²) in [4.78, 5) is 12.8. The first-order valence-corrected chi connectivity index (χ1v) is 10.9. The predicted molar refractivity (Wildman–Crippen MR) is 109 cm³/mol. The number of hydrogen-bond acceptors (Lipinski definition) is 3. The molecule has 0 bridgehead atoms. The molecule has 0 fully saturated rings. The molecule has 2 N–H and O–H groups in total. The van der Waals surface area contributed by atoms with Gasteiger partial charge in [-0.15, -0.1) is 0 Å². The summed E-state index contributed by atoms with van der Waals surface area (Å²) in [7, 11) is -3.75. The summed E-state index contributed by atoms with van der Waals surface area (Å²) >= 11 is 0. The highest BCUT2D eigenvalue weighted by Gasteiger charge is 2.18. The van der Waals surface area contributed by atoms with Crippen molar-refractivity contribution in [1.82, 2.24) is 5.32 Å². The number of hydrogen-bond donors (Lipinski definition) is 2. The number of anilines is 1. The molecule has 6 heteroatoms. The molecule has 0 heterocycles. The molecule has 2 rings (SSSR count). The molecule has 0 saturated heterocycles. The molecule has 0 aliphatic heterocycles. The van der Waals surface area contributed by atoms with Gasteiger partial charge in [0.25, 0.3) is 15.9 Å². The fourth-order valence-electron chi connectivity index (χ4n) is 2.85. The quantitative estimate of drug-likeness (QED) is 0.632. The van der Waals surface area contributed by atoms with E-state index in [2.05, 4.69) is 23.9 Å². The van der Waals surface area contributed by atoms with Crippen molar-refractivity contribution in [2.75, 3.05) is 11.3 Å². The van der Waals surface area contributed by atoms with Crippen molar-refractivity contribution in [1.29, 1.82) is 0 Å². The Kier molecular flexibility index (Phi) is 7.85. The van der Waals surface area contributed by atoms with Gasteiger partial charge in [0.05, 0.1) is 16.1 Å². The van der Waals surface area contributed by atoms with Gasteiger partial charge in [0.15, 0.2) is 0 Å². The molecule has 0 saturated carbocycles. The van der Waals surface area contributed by atoms with E-state index in [1.54, 1.807) is 42.5 Å². The molecule has 5 nitrogen and oxygen atoms in total. The van der Waals surface area contributed by atoms with E-state index in [-0.39, 0.29) is 16.5 Å². The van der Waals surface area contributed by atoms with Crippen LogP contribution in [0, 0.1) is 5.92 Å². The van der Waals surface area contributed by atoms with Crippen molar-refractivity contribution in [2.24, 2.45) is 5.92 Å². The highest BCUT2D eigenvalue weighted by molar-refractivity contribution is 7.92. The summed E-state index contributed by atoms with van der Waals surface area (Å²) in [5.41, 5.74) is 0.600. The maximum Gasteiger partial charge on any atom is 0.261 e. The standard InChI is InChI=1S/C21H28N2O3S/c1-3-5-11-17(4-2)16-22-21(24)19-14-9-10-15-20(19)23-27(25,26)18-12-7-6-8-13-18/h6-10,12-15,17,23H,3-5,11,16H2,1-2H3,(H,22,24). The first kappa shape index (κ1) is 21.0. The van der Waals surface area contributed by atoms with E-state index in [4.69, 9.17) is 0 Å². The smallest absolute Gasteiger partial charge is 0.261 e. The molecule has 0 aliphatic carbocycles. The van der Waals surface area contributed by atoms with Crippen molar-refractivity contribution >= 4 is 21.6 Å². The molecule has 1 unspecified atom stereocenters. The first-order valence-electron chi connectivity index (χ1n) is 9.43. The molecule has 2 aromatic rings. The number of amides is 1. The Bertz CT molecular complexity index is 836. The van der Waals surface area contributed by atoms with Crippen LogP contribution in [0.4, 0.5) is 5.69 Å².